The largest absolute Gasteiger partial charge is 0.468 e. The summed E-state index contributed by atoms with van der Waals surface area (Å²) in [4.78, 5) is 41.7. The van der Waals surface area contributed by atoms with Crippen LogP contribution >= 0.6 is 7.67 Å². The molecule has 6 unspecified atom stereocenters. The molecule has 1 aromatic rings. The number of benzene rings is 1. The molecule has 2 saturated heterocycles. The Morgan fingerprint density at radius 3 is 2.66 bits per heavy atom. The van der Waals surface area contributed by atoms with Crippen molar-refractivity contribution in [2.75, 3.05) is 20.8 Å². The maximum absolute atomic E-state index is 13.5. The average molecular weight is 552 g/mol. The molecule has 14 nitrogen and oxygen atoms in total. The number of methoxy groups -OCH3 is 1. The van der Waals surface area contributed by atoms with Crippen LogP contribution in [-0.2, 0) is 34.6 Å². The second-order valence-electron chi connectivity index (χ2n) is 9.67. The zero-order chi connectivity index (χ0) is 28.1. The van der Waals surface area contributed by atoms with Gasteiger partial charge in [-0.1, -0.05) is 35.4 Å². The fourth-order valence-corrected chi connectivity index (χ4v) is 5.66. The van der Waals surface area contributed by atoms with Crippen molar-refractivity contribution >= 4 is 25.6 Å². The van der Waals surface area contributed by atoms with Gasteiger partial charge in [0.15, 0.2) is 0 Å². The lowest BCUT2D eigenvalue weighted by Crippen LogP contribution is -2.65. The van der Waals surface area contributed by atoms with E-state index >= 15 is 0 Å². The number of azide groups is 1. The van der Waals surface area contributed by atoms with Crippen molar-refractivity contribution in [3.8, 4) is 0 Å². The molecule has 0 radical (unpaired) electrons. The fourth-order valence-electron chi connectivity index (χ4n) is 4.36. The van der Waals surface area contributed by atoms with E-state index in [1.165, 1.54) is 19.1 Å². The summed E-state index contributed by atoms with van der Waals surface area (Å²) in [5.41, 5.74) is 9.01. The molecule has 0 bridgehead atoms. The molecule has 3 amide bonds. The molecule has 3 N–H and O–H groups in total. The van der Waals surface area contributed by atoms with Crippen LogP contribution in [0.15, 0.2) is 35.4 Å². The predicted octanol–water partition coefficient (Wildman–Crippen LogP) is 2.46. The van der Waals surface area contributed by atoms with Crippen LogP contribution in [0.3, 0.4) is 0 Å². The minimum absolute atomic E-state index is 0.149. The molecule has 2 aliphatic heterocycles. The third-order valence-electron chi connectivity index (χ3n) is 7.03. The first-order valence-corrected chi connectivity index (χ1v) is 13.7. The van der Waals surface area contributed by atoms with Gasteiger partial charge in [0.1, 0.15) is 12.3 Å². The first kappa shape index (κ1) is 29.6. The van der Waals surface area contributed by atoms with E-state index in [1.807, 2.05) is 30.3 Å². The van der Waals surface area contributed by atoms with Crippen molar-refractivity contribution in [3.63, 3.8) is 0 Å². The summed E-state index contributed by atoms with van der Waals surface area (Å²) in [7, 11) is -1.17. The van der Waals surface area contributed by atoms with Gasteiger partial charge in [0.2, 0.25) is 5.91 Å². The van der Waals surface area contributed by atoms with E-state index in [4.69, 9.17) is 19.5 Å². The number of imide groups is 1. The number of carbonyl (C=O) groups excluding carboxylic acids is 3. The fraction of sp³-hybridized carbons (Fsp3) is 0.609. The Morgan fingerprint density at radius 2 is 2.05 bits per heavy atom. The molecule has 0 aliphatic carbocycles. The van der Waals surface area contributed by atoms with Crippen molar-refractivity contribution < 1.29 is 32.9 Å². The Morgan fingerprint density at radius 1 is 1.37 bits per heavy atom. The van der Waals surface area contributed by atoms with Gasteiger partial charge >= 0.3 is 19.7 Å². The third kappa shape index (κ3) is 6.52. The van der Waals surface area contributed by atoms with E-state index in [0.717, 1.165) is 5.56 Å². The zero-order valence-electron chi connectivity index (χ0n) is 22.0. The van der Waals surface area contributed by atoms with Crippen LogP contribution in [-0.4, -0.2) is 74.0 Å². The Labute approximate surface area is 220 Å². The summed E-state index contributed by atoms with van der Waals surface area (Å²) in [6.45, 7) is 4.89. The number of nitrogens with one attached hydrogen (secondary N) is 3. The number of esters is 1. The number of nitrogens with zero attached hydrogens (tertiary/aromatic N) is 4. The van der Waals surface area contributed by atoms with Gasteiger partial charge in [-0.25, -0.2) is 15.0 Å². The summed E-state index contributed by atoms with van der Waals surface area (Å²) >= 11 is 0. The number of hydrogen-bond donors (Lipinski definition) is 3. The number of rotatable bonds is 11. The van der Waals surface area contributed by atoms with Gasteiger partial charge in [-0.3, -0.25) is 24.4 Å². The highest BCUT2D eigenvalue weighted by Crippen LogP contribution is 2.40. The van der Waals surface area contributed by atoms with Crippen LogP contribution < -0.4 is 15.5 Å². The number of ether oxygens (including phenoxy) is 2. The minimum Gasteiger partial charge on any atom is -0.468 e. The molecule has 0 aromatic heterocycles. The van der Waals surface area contributed by atoms with Gasteiger partial charge in [0.25, 0.3) is 0 Å². The lowest BCUT2D eigenvalue weighted by molar-refractivity contribution is -0.142. The summed E-state index contributed by atoms with van der Waals surface area (Å²) < 4.78 is 30.1. The second kappa shape index (κ2) is 12.2. The first-order chi connectivity index (χ1) is 18.0. The normalized spacial score (nSPS) is 27.1. The standard InChI is InChI=1S/C23H34N7O7P/c1-14-23(2,3)21(32)26-22(33)30(14)19-12-16(27-29-24)18(37-19)13-36-38(34,25-4)28-17(20(31)35-5)11-15-9-7-6-8-10-15/h6-10,14,16-19H,11-13H2,1-5H3,(H2,25,28,34)(H,26,32,33). The lowest BCUT2D eigenvalue weighted by Gasteiger charge is -2.45. The first-order valence-electron chi connectivity index (χ1n) is 12.1. The van der Waals surface area contributed by atoms with Crippen LogP contribution in [0.5, 0.6) is 0 Å². The molecule has 2 fully saturated rings. The summed E-state index contributed by atoms with van der Waals surface area (Å²) in [6, 6.07) is 6.29. The van der Waals surface area contributed by atoms with Gasteiger partial charge in [0.05, 0.1) is 31.3 Å². The Bertz CT molecular complexity index is 1130. The second-order valence-corrected chi connectivity index (χ2v) is 11.7. The molecule has 38 heavy (non-hydrogen) atoms. The van der Waals surface area contributed by atoms with Crippen LogP contribution in [0.4, 0.5) is 4.79 Å². The monoisotopic (exact) mass is 551 g/mol. The molecule has 0 saturated carbocycles. The molecular formula is C23H34N7O7P. The Hall–Kier alpha value is -2.99. The maximum Gasteiger partial charge on any atom is 0.341 e. The Kier molecular flexibility index (Phi) is 9.53. The summed E-state index contributed by atoms with van der Waals surface area (Å²) in [5, 5.41) is 11.4. The number of urea groups is 1. The van der Waals surface area contributed by atoms with E-state index < -0.39 is 61.5 Å². The maximum atomic E-state index is 13.5. The quantitative estimate of drug-likeness (QED) is 0.122. The molecular weight excluding hydrogens is 517 g/mol. The number of carbonyl (C=O) groups is 3. The Balaban J connectivity index is 1.73. The van der Waals surface area contributed by atoms with Crippen LogP contribution in [0, 0.1) is 5.41 Å². The molecule has 1 aromatic carbocycles. The molecule has 3 rings (SSSR count). The number of amides is 3. The summed E-state index contributed by atoms with van der Waals surface area (Å²) in [6.07, 6.45) is -1.33. The van der Waals surface area contributed by atoms with Crippen molar-refractivity contribution in [1.29, 1.82) is 0 Å². The number of hydrogen-bond acceptors (Lipinski definition) is 8. The van der Waals surface area contributed by atoms with Crippen molar-refractivity contribution in [2.24, 2.45) is 10.5 Å². The van der Waals surface area contributed by atoms with Crippen LogP contribution in [0.25, 0.3) is 10.4 Å². The molecule has 6 atom stereocenters. The van der Waals surface area contributed by atoms with Crippen LogP contribution in [0.1, 0.15) is 32.8 Å². The van der Waals surface area contributed by atoms with E-state index in [2.05, 4.69) is 25.5 Å². The van der Waals surface area contributed by atoms with Gasteiger partial charge in [-0.2, -0.15) is 0 Å². The molecule has 15 heteroatoms. The van der Waals surface area contributed by atoms with Gasteiger partial charge in [0, 0.05) is 17.4 Å². The highest BCUT2D eigenvalue weighted by Gasteiger charge is 2.51. The third-order valence-corrected chi connectivity index (χ3v) is 8.78. The highest BCUT2D eigenvalue weighted by molar-refractivity contribution is 7.54. The van der Waals surface area contributed by atoms with E-state index in [1.54, 1.807) is 20.8 Å². The molecule has 0 spiro atoms. The lowest BCUT2D eigenvalue weighted by atomic mass is 9.81. The topological polar surface area (TPSA) is 184 Å². The predicted molar refractivity (Wildman–Crippen MR) is 137 cm³/mol. The minimum atomic E-state index is -3.82. The van der Waals surface area contributed by atoms with Crippen molar-refractivity contribution in [1.82, 2.24) is 20.4 Å². The van der Waals surface area contributed by atoms with E-state index in [9.17, 15) is 18.9 Å². The SMILES string of the molecule is CNP(=O)(NC(Cc1ccccc1)C(=O)OC)OCC1OC(N2C(=O)NC(=O)C(C)(C)C2C)CC1N=[N+]=[N-]. The molecule has 208 valence electrons. The van der Waals surface area contributed by atoms with Crippen LogP contribution in [0.2, 0.25) is 0 Å². The zero-order valence-corrected chi connectivity index (χ0v) is 22.9. The van der Waals surface area contributed by atoms with Gasteiger partial charge in [-0.05, 0) is 45.3 Å². The van der Waals surface area contributed by atoms with Crippen molar-refractivity contribution in [2.45, 2.75) is 64.1 Å². The molecule has 2 aliphatic rings. The average Bonchev–Trinajstić information content (AvgIpc) is 3.28. The molecule has 2 heterocycles. The smallest absolute Gasteiger partial charge is 0.341 e. The van der Waals surface area contributed by atoms with Crippen molar-refractivity contribution in [3.05, 3.63) is 46.3 Å². The summed E-state index contributed by atoms with van der Waals surface area (Å²) in [5.74, 6) is -1.02. The highest BCUT2D eigenvalue weighted by atomic mass is 31.2. The van der Waals surface area contributed by atoms with E-state index in [-0.39, 0.29) is 19.4 Å². The van der Waals surface area contributed by atoms with E-state index in [0.29, 0.717) is 0 Å². The van der Waals surface area contributed by atoms with Gasteiger partial charge in [-0.15, -0.1) is 0 Å². The van der Waals surface area contributed by atoms with Gasteiger partial charge < -0.3 is 14.0 Å².